The molecule has 0 fully saturated rings. The topological polar surface area (TPSA) is 14.1 Å². The zero-order valence-corrected chi connectivity index (χ0v) is 3.02. The molecule has 0 unspecified atom stereocenters. The molecule has 0 spiro atoms. The smallest absolute Gasteiger partial charge is 0.00773 e. The summed E-state index contributed by atoms with van der Waals surface area (Å²) in [5, 5.41) is 0. The molecule has 0 N–H and O–H groups in total. The summed E-state index contributed by atoms with van der Waals surface area (Å²) in [5.74, 6) is 0. The minimum Gasteiger partial charge on any atom is 0.00773 e. The van der Waals surface area contributed by atoms with Crippen molar-refractivity contribution in [1.29, 1.82) is 0 Å². The second-order valence-electron chi connectivity index (χ2n) is 0.516. The van der Waals surface area contributed by atoms with Crippen LogP contribution in [0, 0.1) is 0 Å². The van der Waals surface area contributed by atoms with E-state index in [2.05, 4.69) is 4.99 Å². The lowest BCUT2D eigenvalue weighted by Gasteiger charge is -1.31. The molecule has 0 aliphatic heterocycles. The van der Waals surface area contributed by atoms with Gasteiger partial charge in [0.15, 0.2) is 0 Å². The zero-order valence-electron chi connectivity index (χ0n) is 3.02. The summed E-state index contributed by atoms with van der Waals surface area (Å²) >= 11 is 0. The average Bonchev–Trinajstić information content (AvgIpc) is 1.37. The van der Waals surface area contributed by atoms with Gasteiger partial charge in [0.25, 0.3) is 0 Å². The van der Waals surface area contributed by atoms with Crippen LogP contribution in [0.1, 0.15) is 6.92 Å². The Balaban J connectivity index is 2.55. The normalized spacial score (nSPS) is 9.50. The molecule has 0 aliphatic rings. The molecule has 23 valence electrons. The molecule has 0 amide bonds. The van der Waals surface area contributed by atoms with Gasteiger partial charge < -0.3 is 0 Å². The van der Waals surface area contributed by atoms with Crippen molar-refractivity contribution in [2.24, 2.45) is 0 Å². The average molecular weight is 57.1 g/mol. The van der Waals surface area contributed by atoms with Gasteiger partial charge in [-0.05, 0) is 0 Å². The number of nitrogens with zero attached hydrogens (tertiary/aromatic N) is 1. The lowest BCUT2D eigenvalue weighted by atomic mass is 10.9. The Morgan fingerprint density at radius 3 is 2.00 bits per heavy atom. The fourth-order valence-corrected chi connectivity index (χ4v) is 0. The Hall–Kier alpha value is -0.330. The van der Waals surface area contributed by atoms with Crippen LogP contribution in [0.2, 0.25) is 0 Å². The van der Waals surface area contributed by atoms with Gasteiger partial charge in [-0.3, -0.25) is 0 Å². The van der Waals surface area contributed by atoms with E-state index >= 15 is 0 Å². The Morgan fingerprint density at radius 1 is 1.75 bits per heavy atom. The first kappa shape index (κ1) is 3.67. The molecule has 0 heterocycles. The molecule has 0 aliphatic carbocycles. The van der Waals surface area contributed by atoms with E-state index in [0.29, 0.717) is 0 Å². The molecule has 0 bridgehead atoms. The predicted octanol–water partition coefficient (Wildman–Crippen LogP) is 0.0427. The summed E-state index contributed by atoms with van der Waals surface area (Å²) < 4.78 is 0. The van der Waals surface area contributed by atoms with Crippen LogP contribution in [0.15, 0.2) is 0 Å². The van der Waals surface area contributed by atoms with Crippen LogP contribution in [0.25, 0.3) is 0 Å². The summed E-state index contributed by atoms with van der Waals surface area (Å²) in [6, 6.07) is 0. The third kappa shape index (κ3) is 1.67. The Kier molecular flexibility index (Phi) is 2.45. The number of hydrogen-bond acceptors (Lipinski definition) is 1. The van der Waals surface area contributed by atoms with E-state index in [9.17, 15) is 0 Å². The van der Waals surface area contributed by atoms with Crippen LogP contribution < -0.4 is 4.99 Å². The van der Waals surface area contributed by atoms with Crippen molar-refractivity contribution < 1.29 is 0 Å². The van der Waals surface area contributed by atoms with Gasteiger partial charge in [0.2, 0.25) is 13.3 Å². The largest absolute Gasteiger partial charge is 0.208 e. The molecule has 1 radical (unpaired) electrons. The fraction of sp³-hybridized carbons (Fsp3) is 0.667. The van der Waals surface area contributed by atoms with Crippen molar-refractivity contribution in [3.8, 4) is 0 Å². The standard InChI is InChI=1S/C3H7N/c1-3-4-2/h3H,1-2H3/q+1. The van der Waals surface area contributed by atoms with E-state index < -0.39 is 0 Å². The molecule has 0 saturated heterocycles. The summed E-state index contributed by atoms with van der Waals surface area (Å²) in [4.78, 5) is 3.61. The number of rotatable bonds is 0. The van der Waals surface area contributed by atoms with Crippen LogP contribution in [0.5, 0.6) is 0 Å². The van der Waals surface area contributed by atoms with E-state index in [1.165, 1.54) is 0 Å². The van der Waals surface area contributed by atoms with E-state index in [4.69, 9.17) is 0 Å². The highest BCUT2D eigenvalue weighted by molar-refractivity contribution is 5.51. The van der Waals surface area contributed by atoms with Crippen molar-refractivity contribution in [3.63, 3.8) is 0 Å². The molecular formula is C3H7N+. The van der Waals surface area contributed by atoms with Crippen molar-refractivity contribution in [1.82, 2.24) is 4.99 Å². The van der Waals surface area contributed by atoms with Gasteiger partial charge in [-0.1, -0.05) is 0 Å². The summed E-state index contributed by atoms with van der Waals surface area (Å²) in [6.07, 6.45) is 1.75. The molecule has 0 aromatic heterocycles. The van der Waals surface area contributed by atoms with Crippen molar-refractivity contribution >= 4 is 6.21 Å². The maximum Gasteiger partial charge on any atom is 0.208 e. The summed E-state index contributed by atoms with van der Waals surface area (Å²) in [7, 11) is 1.75. The first-order valence-electron chi connectivity index (χ1n) is 1.28. The summed E-state index contributed by atoms with van der Waals surface area (Å²) in [6.45, 7) is 1.89. The Labute approximate surface area is 26.4 Å². The van der Waals surface area contributed by atoms with Gasteiger partial charge >= 0.3 is 0 Å². The lowest BCUT2D eigenvalue weighted by molar-refractivity contribution is 1.28. The van der Waals surface area contributed by atoms with Crippen LogP contribution in [-0.2, 0) is 0 Å². The molecule has 1 nitrogen and oxygen atoms in total. The maximum absolute atomic E-state index is 3.61. The highest BCUT2D eigenvalue weighted by Gasteiger charge is 1.53. The van der Waals surface area contributed by atoms with Crippen molar-refractivity contribution in [2.45, 2.75) is 6.92 Å². The van der Waals surface area contributed by atoms with Crippen LogP contribution in [-0.4, -0.2) is 13.3 Å². The maximum atomic E-state index is 3.61. The molecule has 0 aromatic rings. The van der Waals surface area contributed by atoms with Gasteiger partial charge in [-0.25, -0.2) is 0 Å². The van der Waals surface area contributed by atoms with Crippen LogP contribution >= 0.6 is 0 Å². The molecule has 0 saturated carbocycles. The first-order valence-corrected chi connectivity index (χ1v) is 1.28. The van der Waals surface area contributed by atoms with Gasteiger partial charge in [0, 0.05) is 11.9 Å². The third-order valence-corrected chi connectivity index (χ3v) is 0.258. The van der Waals surface area contributed by atoms with E-state index in [0.717, 1.165) is 0 Å². The molecule has 1 heteroatoms. The second-order valence-corrected chi connectivity index (χ2v) is 0.516. The predicted molar refractivity (Wildman–Crippen MR) is 19.8 cm³/mol. The monoisotopic (exact) mass is 57.1 g/mol. The third-order valence-electron chi connectivity index (χ3n) is 0.258. The van der Waals surface area contributed by atoms with E-state index in [1.807, 2.05) is 6.92 Å². The first-order chi connectivity index (χ1) is 1.91. The van der Waals surface area contributed by atoms with Crippen LogP contribution in [0.3, 0.4) is 0 Å². The Bertz CT molecular complexity index is 18.5. The SMILES string of the molecule is CC=[N+]C. The molecule has 0 atom stereocenters. The van der Waals surface area contributed by atoms with Gasteiger partial charge in [-0.2, -0.15) is 0 Å². The Morgan fingerprint density at radius 2 is 2.00 bits per heavy atom. The number of aliphatic imine (C=N–C) groups is 1. The van der Waals surface area contributed by atoms with Gasteiger partial charge in [0.05, 0.1) is 0 Å². The minimum absolute atomic E-state index is 1.75. The summed E-state index contributed by atoms with van der Waals surface area (Å²) in [5.41, 5.74) is 0. The fourth-order valence-electron chi connectivity index (χ4n) is 0. The van der Waals surface area contributed by atoms with E-state index in [1.54, 1.807) is 13.3 Å². The lowest BCUT2D eigenvalue weighted by Crippen LogP contribution is -1.71. The highest BCUT2D eigenvalue weighted by Crippen LogP contribution is 1.20. The van der Waals surface area contributed by atoms with Gasteiger partial charge in [0.1, 0.15) is 0 Å². The van der Waals surface area contributed by atoms with E-state index in [-0.39, 0.29) is 0 Å². The second kappa shape index (κ2) is 2.67. The molecule has 0 aromatic carbocycles. The van der Waals surface area contributed by atoms with Crippen LogP contribution in [0.4, 0.5) is 0 Å². The van der Waals surface area contributed by atoms with Crippen molar-refractivity contribution in [2.75, 3.05) is 7.05 Å². The highest BCUT2D eigenvalue weighted by atomic mass is 14.6. The molecule has 0 rings (SSSR count). The molecule has 4 heavy (non-hydrogen) atoms. The number of hydrogen-bond donors (Lipinski definition) is 0. The quantitative estimate of drug-likeness (QED) is 0.349. The van der Waals surface area contributed by atoms with Gasteiger partial charge in [-0.15, -0.1) is 0 Å². The van der Waals surface area contributed by atoms with Crippen molar-refractivity contribution in [3.05, 3.63) is 0 Å². The minimum atomic E-state index is 1.75. The molecular weight excluding hydrogens is 50.0 g/mol. The zero-order chi connectivity index (χ0) is 3.41.